The van der Waals surface area contributed by atoms with Gasteiger partial charge in [0, 0.05) is 24.7 Å². The van der Waals surface area contributed by atoms with E-state index in [1.807, 2.05) is 51.1 Å². The van der Waals surface area contributed by atoms with E-state index in [9.17, 15) is 14.0 Å². The molecule has 150 valence electrons. The van der Waals surface area contributed by atoms with Crippen LogP contribution in [0.3, 0.4) is 0 Å². The Labute approximate surface area is 165 Å². The van der Waals surface area contributed by atoms with E-state index in [2.05, 4.69) is 10.6 Å². The highest BCUT2D eigenvalue weighted by atomic mass is 19.1. The number of rotatable bonds is 5. The first-order chi connectivity index (χ1) is 13.6. The van der Waals surface area contributed by atoms with Crippen molar-refractivity contribution in [2.75, 3.05) is 20.3 Å². The monoisotopic (exact) mass is 386 g/mol. The van der Waals surface area contributed by atoms with Crippen LogP contribution in [-0.2, 0) is 0 Å². The van der Waals surface area contributed by atoms with Crippen LogP contribution in [-0.4, -0.2) is 38.2 Å². The molecule has 1 aliphatic heterocycles. The van der Waals surface area contributed by atoms with Crippen molar-refractivity contribution in [3.05, 3.63) is 64.7 Å². The molecule has 2 N–H and O–H groups in total. The SMILES string of the molecule is CC.CCNC(=O)c1cc(C(=O)NC)c2c(c1)[C@H](c1ccccc1)C(CF)O2. The van der Waals surface area contributed by atoms with E-state index in [0.717, 1.165) is 5.56 Å². The number of halogens is 1. The third kappa shape index (κ3) is 4.16. The fraction of sp³-hybridized carbons (Fsp3) is 0.364. The molecule has 0 radical (unpaired) electrons. The van der Waals surface area contributed by atoms with Gasteiger partial charge in [-0.3, -0.25) is 9.59 Å². The number of alkyl halides is 1. The van der Waals surface area contributed by atoms with Crippen molar-refractivity contribution in [3.63, 3.8) is 0 Å². The summed E-state index contributed by atoms with van der Waals surface area (Å²) in [6.07, 6.45) is -0.736. The molecule has 2 atom stereocenters. The lowest BCUT2D eigenvalue weighted by atomic mass is 9.86. The molecule has 0 fully saturated rings. The first-order valence-corrected chi connectivity index (χ1v) is 9.56. The van der Waals surface area contributed by atoms with Gasteiger partial charge in [-0.25, -0.2) is 4.39 Å². The van der Waals surface area contributed by atoms with E-state index in [0.29, 0.717) is 23.4 Å². The van der Waals surface area contributed by atoms with Crippen LogP contribution < -0.4 is 15.4 Å². The van der Waals surface area contributed by atoms with Crippen molar-refractivity contribution in [1.29, 1.82) is 0 Å². The Morgan fingerprint density at radius 2 is 1.79 bits per heavy atom. The van der Waals surface area contributed by atoms with Crippen LogP contribution in [0.1, 0.15) is 58.5 Å². The molecule has 0 bridgehead atoms. The van der Waals surface area contributed by atoms with Crippen LogP contribution in [0, 0.1) is 0 Å². The third-order valence-electron chi connectivity index (χ3n) is 4.48. The fourth-order valence-corrected chi connectivity index (χ4v) is 3.31. The van der Waals surface area contributed by atoms with Crippen molar-refractivity contribution < 1.29 is 18.7 Å². The molecule has 28 heavy (non-hydrogen) atoms. The smallest absolute Gasteiger partial charge is 0.254 e. The number of nitrogens with one attached hydrogen (secondary N) is 2. The molecule has 0 aliphatic carbocycles. The van der Waals surface area contributed by atoms with Gasteiger partial charge in [0.05, 0.1) is 11.5 Å². The highest BCUT2D eigenvalue weighted by molar-refractivity contribution is 6.02. The van der Waals surface area contributed by atoms with Gasteiger partial charge in [-0.15, -0.1) is 0 Å². The van der Waals surface area contributed by atoms with Gasteiger partial charge >= 0.3 is 0 Å². The largest absolute Gasteiger partial charge is 0.486 e. The highest BCUT2D eigenvalue weighted by Gasteiger charge is 2.39. The van der Waals surface area contributed by atoms with Crippen molar-refractivity contribution in [3.8, 4) is 5.75 Å². The Balaban J connectivity index is 0.00000136. The summed E-state index contributed by atoms with van der Waals surface area (Å²) in [4.78, 5) is 24.7. The number of amides is 2. The predicted octanol–water partition coefficient (Wildman–Crippen LogP) is 3.68. The molecule has 0 saturated carbocycles. The Bertz CT molecular complexity index is 824. The number of benzene rings is 2. The van der Waals surface area contributed by atoms with Gasteiger partial charge in [-0.2, -0.15) is 0 Å². The Morgan fingerprint density at radius 3 is 2.36 bits per heavy atom. The fourth-order valence-electron chi connectivity index (χ4n) is 3.31. The van der Waals surface area contributed by atoms with Crippen molar-refractivity contribution in [1.82, 2.24) is 10.6 Å². The van der Waals surface area contributed by atoms with Gasteiger partial charge in [0.2, 0.25) is 0 Å². The molecular formula is C22H27FN2O3. The summed E-state index contributed by atoms with van der Waals surface area (Å²) in [5, 5.41) is 5.28. The summed E-state index contributed by atoms with van der Waals surface area (Å²) in [6, 6.07) is 12.6. The molecule has 0 saturated heterocycles. The maximum absolute atomic E-state index is 13.7. The molecule has 3 rings (SSSR count). The maximum Gasteiger partial charge on any atom is 0.254 e. The lowest BCUT2D eigenvalue weighted by molar-refractivity contribution is 0.0955. The van der Waals surface area contributed by atoms with E-state index < -0.39 is 12.8 Å². The van der Waals surface area contributed by atoms with Crippen molar-refractivity contribution in [2.45, 2.75) is 32.8 Å². The van der Waals surface area contributed by atoms with Crippen molar-refractivity contribution in [2.24, 2.45) is 0 Å². The zero-order chi connectivity index (χ0) is 20.7. The second kappa shape index (κ2) is 9.88. The Hall–Kier alpha value is -2.89. The minimum Gasteiger partial charge on any atom is -0.486 e. The van der Waals surface area contributed by atoms with Gasteiger partial charge in [-0.05, 0) is 24.6 Å². The van der Waals surface area contributed by atoms with Crippen LogP contribution in [0.2, 0.25) is 0 Å². The minimum absolute atomic E-state index is 0.239. The van der Waals surface area contributed by atoms with E-state index in [-0.39, 0.29) is 23.3 Å². The summed E-state index contributed by atoms with van der Waals surface area (Å²) in [7, 11) is 1.50. The van der Waals surface area contributed by atoms with E-state index >= 15 is 0 Å². The Morgan fingerprint density at radius 1 is 1.11 bits per heavy atom. The van der Waals surface area contributed by atoms with Gasteiger partial charge in [0.15, 0.2) is 0 Å². The molecule has 0 spiro atoms. The molecule has 2 aromatic carbocycles. The quantitative estimate of drug-likeness (QED) is 0.824. The van der Waals surface area contributed by atoms with Crippen molar-refractivity contribution >= 4 is 11.8 Å². The molecular weight excluding hydrogens is 359 g/mol. The third-order valence-corrected chi connectivity index (χ3v) is 4.48. The summed E-state index contributed by atoms with van der Waals surface area (Å²) in [5.41, 5.74) is 2.13. The van der Waals surface area contributed by atoms with E-state index in [1.165, 1.54) is 13.1 Å². The topological polar surface area (TPSA) is 67.4 Å². The zero-order valence-electron chi connectivity index (χ0n) is 16.7. The van der Waals surface area contributed by atoms with Crippen LogP contribution in [0.25, 0.3) is 0 Å². The standard InChI is InChI=1S/C20H21FN2O3.C2H6/c1-3-23-19(24)13-9-14-17(12-7-5-4-6-8-12)16(11-21)26-18(14)15(10-13)20(25)22-2;1-2/h4-10,16-17H,3,11H2,1-2H3,(H,22,25)(H,23,24);1-2H3/t16?,17-;/m0./s1. The first kappa shape index (κ1) is 21.4. The minimum atomic E-state index is -0.736. The Kier molecular flexibility index (Phi) is 7.55. The summed E-state index contributed by atoms with van der Waals surface area (Å²) in [5.74, 6) is -0.697. The van der Waals surface area contributed by atoms with Crippen LogP contribution in [0.5, 0.6) is 5.75 Å². The molecule has 1 unspecified atom stereocenters. The summed E-state index contributed by atoms with van der Waals surface area (Å²) < 4.78 is 19.5. The number of carbonyl (C=O) groups excluding carboxylic acids is 2. The highest BCUT2D eigenvalue weighted by Crippen LogP contribution is 2.45. The first-order valence-electron chi connectivity index (χ1n) is 9.56. The average molecular weight is 386 g/mol. The lowest BCUT2D eigenvalue weighted by Crippen LogP contribution is -2.24. The number of carbonyl (C=O) groups is 2. The van der Waals surface area contributed by atoms with Gasteiger partial charge in [-0.1, -0.05) is 44.2 Å². The number of ether oxygens (including phenoxy) is 1. The lowest BCUT2D eigenvalue weighted by Gasteiger charge is -2.16. The molecule has 2 aromatic rings. The van der Waals surface area contributed by atoms with Gasteiger partial charge in [0.1, 0.15) is 18.5 Å². The zero-order valence-corrected chi connectivity index (χ0v) is 16.7. The van der Waals surface area contributed by atoms with Crippen LogP contribution in [0.15, 0.2) is 42.5 Å². The predicted molar refractivity (Wildman–Crippen MR) is 108 cm³/mol. The molecule has 0 aromatic heterocycles. The maximum atomic E-state index is 13.7. The second-order valence-corrected chi connectivity index (χ2v) is 6.08. The number of hydrogen-bond donors (Lipinski definition) is 2. The summed E-state index contributed by atoms with van der Waals surface area (Å²) >= 11 is 0. The normalized spacial score (nSPS) is 16.9. The molecule has 6 heteroatoms. The number of fused-ring (bicyclic) bond motifs is 1. The van der Waals surface area contributed by atoms with E-state index in [1.54, 1.807) is 6.07 Å². The van der Waals surface area contributed by atoms with Crippen LogP contribution in [0.4, 0.5) is 4.39 Å². The van der Waals surface area contributed by atoms with Gasteiger partial charge in [0.25, 0.3) is 11.8 Å². The van der Waals surface area contributed by atoms with E-state index in [4.69, 9.17) is 4.74 Å². The molecule has 2 amide bonds. The average Bonchev–Trinajstić information content (AvgIpc) is 3.13. The van der Waals surface area contributed by atoms with Gasteiger partial charge < -0.3 is 15.4 Å². The molecule has 1 aliphatic rings. The molecule has 5 nitrogen and oxygen atoms in total. The second-order valence-electron chi connectivity index (χ2n) is 6.08. The summed E-state index contributed by atoms with van der Waals surface area (Å²) in [6.45, 7) is 5.59. The van der Waals surface area contributed by atoms with Crippen LogP contribution >= 0.6 is 0 Å². The molecule has 1 heterocycles. The number of hydrogen-bond acceptors (Lipinski definition) is 3.